The maximum atomic E-state index is 14.2. The van der Waals surface area contributed by atoms with Gasteiger partial charge in [0.2, 0.25) is 0 Å². The molecule has 9 heteroatoms. The maximum absolute atomic E-state index is 14.2. The van der Waals surface area contributed by atoms with E-state index in [-0.39, 0.29) is 5.02 Å². The summed E-state index contributed by atoms with van der Waals surface area (Å²) in [5.41, 5.74) is 1.81. The minimum Gasteiger partial charge on any atom is -0.367 e. The lowest BCUT2D eigenvalue weighted by atomic mass is 10.2. The molecule has 1 aliphatic rings. The molecule has 1 N–H and O–H groups in total. The minimum atomic E-state index is -4.21. The second kappa shape index (κ2) is 6.53. The molecule has 1 saturated heterocycles. The summed E-state index contributed by atoms with van der Waals surface area (Å²) in [6.07, 6.45) is 1.20. The molecule has 0 atom stereocenters. The Morgan fingerprint density at radius 2 is 1.85 bits per heavy atom. The van der Waals surface area contributed by atoms with Crippen molar-refractivity contribution in [3.05, 3.63) is 53.6 Å². The second-order valence-electron chi connectivity index (χ2n) is 5.98. The largest absolute Gasteiger partial charge is 0.367 e. The molecule has 0 amide bonds. The molecule has 0 unspecified atom stereocenters. The highest BCUT2D eigenvalue weighted by molar-refractivity contribution is 7.90. The number of fused-ring (bicyclic) bond motifs is 1. The van der Waals surface area contributed by atoms with E-state index in [0.717, 1.165) is 41.9 Å². The normalized spacial score (nSPS) is 15.5. The zero-order valence-corrected chi connectivity index (χ0v) is 15.3. The van der Waals surface area contributed by atoms with E-state index in [9.17, 15) is 12.8 Å². The van der Waals surface area contributed by atoms with Crippen LogP contribution in [-0.4, -0.2) is 43.6 Å². The lowest BCUT2D eigenvalue weighted by molar-refractivity contribution is 0.562. The van der Waals surface area contributed by atoms with Crippen molar-refractivity contribution in [1.29, 1.82) is 0 Å². The van der Waals surface area contributed by atoms with Gasteiger partial charge in [0, 0.05) is 26.2 Å². The van der Waals surface area contributed by atoms with Gasteiger partial charge >= 0.3 is 0 Å². The smallest absolute Gasteiger partial charge is 0.273 e. The van der Waals surface area contributed by atoms with Crippen LogP contribution in [-0.2, 0) is 10.0 Å². The van der Waals surface area contributed by atoms with Gasteiger partial charge in [-0.1, -0.05) is 23.7 Å². The van der Waals surface area contributed by atoms with Gasteiger partial charge in [-0.2, -0.15) is 0 Å². The number of anilines is 1. The lowest BCUT2D eigenvalue weighted by Gasteiger charge is -2.29. The lowest BCUT2D eigenvalue weighted by Crippen LogP contribution is -2.43. The summed E-state index contributed by atoms with van der Waals surface area (Å²) in [6, 6.07) is 9.13. The quantitative estimate of drug-likeness (QED) is 0.739. The number of para-hydroxylation sites is 1. The summed E-state index contributed by atoms with van der Waals surface area (Å²) in [5, 5.41) is 3.11. The minimum absolute atomic E-state index is 0.162. The van der Waals surface area contributed by atoms with E-state index in [0.29, 0.717) is 11.0 Å². The first kappa shape index (κ1) is 17.3. The van der Waals surface area contributed by atoms with Crippen LogP contribution in [0.5, 0.6) is 0 Å². The Bertz CT molecular complexity index is 1060. The second-order valence-corrected chi connectivity index (χ2v) is 8.14. The van der Waals surface area contributed by atoms with E-state index in [1.807, 2.05) is 6.07 Å². The molecular weight excluding hydrogens is 379 g/mol. The van der Waals surface area contributed by atoms with E-state index in [4.69, 9.17) is 11.6 Å². The molecule has 6 nitrogen and oxygen atoms in total. The fourth-order valence-corrected chi connectivity index (χ4v) is 5.04. The van der Waals surface area contributed by atoms with Gasteiger partial charge in [-0.25, -0.2) is 21.8 Å². The maximum Gasteiger partial charge on any atom is 0.273 e. The Labute approximate surface area is 155 Å². The molecule has 3 aromatic rings. The summed E-state index contributed by atoms with van der Waals surface area (Å²) in [7, 11) is -4.21. The van der Waals surface area contributed by atoms with E-state index in [2.05, 4.69) is 15.2 Å². The third-order valence-electron chi connectivity index (χ3n) is 4.42. The molecule has 136 valence electrons. The van der Waals surface area contributed by atoms with Crippen LogP contribution in [0, 0.1) is 5.82 Å². The number of rotatable bonds is 3. The number of nitrogens with zero attached hydrogens (tertiary/aromatic N) is 3. The van der Waals surface area contributed by atoms with Crippen LogP contribution in [0.15, 0.2) is 47.6 Å². The fraction of sp³-hybridized carbons (Fsp3) is 0.235. The molecule has 4 rings (SSSR count). The summed E-state index contributed by atoms with van der Waals surface area (Å²) >= 11 is 5.97. The topological polar surface area (TPSA) is 67.2 Å². The van der Waals surface area contributed by atoms with E-state index in [1.165, 1.54) is 18.5 Å². The molecule has 0 aliphatic carbocycles. The predicted octanol–water partition coefficient (Wildman–Crippen LogP) is 2.48. The van der Waals surface area contributed by atoms with Crippen molar-refractivity contribution >= 4 is 38.3 Å². The van der Waals surface area contributed by atoms with Crippen LogP contribution < -0.4 is 10.2 Å². The van der Waals surface area contributed by atoms with Crippen LogP contribution in [0.3, 0.4) is 0 Å². The first-order valence-electron chi connectivity index (χ1n) is 8.11. The Balaban J connectivity index is 1.88. The Morgan fingerprint density at radius 1 is 1.12 bits per heavy atom. The Hall–Kier alpha value is -2.16. The first-order valence-corrected chi connectivity index (χ1v) is 9.93. The standard InChI is InChI=1S/C17H16ClFN4O2S/c18-12-3-1-4-13(19)17(12)26(24,25)23-11-21-16-14(5-2-6-15(16)23)22-9-7-20-8-10-22/h1-6,11,20H,7-10H2. The number of halogens is 2. The number of aromatic nitrogens is 2. The van der Waals surface area contributed by atoms with E-state index >= 15 is 0 Å². The third kappa shape index (κ3) is 2.74. The fourth-order valence-electron chi connectivity index (χ4n) is 3.18. The van der Waals surface area contributed by atoms with Crippen molar-refractivity contribution in [3.8, 4) is 0 Å². The van der Waals surface area contributed by atoms with Gasteiger partial charge in [0.1, 0.15) is 22.6 Å². The molecule has 1 fully saturated rings. The number of nitrogens with one attached hydrogen (secondary N) is 1. The average molecular weight is 395 g/mol. The summed E-state index contributed by atoms with van der Waals surface area (Å²) in [5.74, 6) is -0.891. The molecule has 0 radical (unpaired) electrons. The molecule has 1 aliphatic heterocycles. The average Bonchev–Trinajstić information content (AvgIpc) is 3.07. The van der Waals surface area contributed by atoms with Crippen molar-refractivity contribution in [2.75, 3.05) is 31.1 Å². The van der Waals surface area contributed by atoms with Gasteiger partial charge in [0.15, 0.2) is 0 Å². The molecule has 26 heavy (non-hydrogen) atoms. The molecular formula is C17H16ClFN4O2S. The van der Waals surface area contributed by atoms with Gasteiger partial charge in [0.05, 0.1) is 16.2 Å². The molecule has 2 heterocycles. The zero-order chi connectivity index (χ0) is 18.3. The van der Waals surface area contributed by atoms with Crippen molar-refractivity contribution in [1.82, 2.24) is 14.3 Å². The van der Waals surface area contributed by atoms with E-state index in [1.54, 1.807) is 12.1 Å². The van der Waals surface area contributed by atoms with Gasteiger partial charge in [-0.3, -0.25) is 0 Å². The summed E-state index contributed by atoms with van der Waals surface area (Å²) < 4.78 is 41.2. The molecule has 0 saturated carbocycles. The van der Waals surface area contributed by atoms with Gasteiger partial charge in [0.25, 0.3) is 10.0 Å². The number of benzene rings is 2. The van der Waals surface area contributed by atoms with Crippen LogP contribution >= 0.6 is 11.6 Å². The Kier molecular flexibility index (Phi) is 4.34. The molecule has 2 aromatic carbocycles. The van der Waals surface area contributed by atoms with Crippen molar-refractivity contribution < 1.29 is 12.8 Å². The summed E-state index contributed by atoms with van der Waals surface area (Å²) in [4.78, 5) is 5.91. The van der Waals surface area contributed by atoms with Crippen molar-refractivity contribution in [3.63, 3.8) is 0 Å². The summed E-state index contributed by atoms with van der Waals surface area (Å²) in [6.45, 7) is 3.30. The number of piperazine rings is 1. The van der Waals surface area contributed by atoms with Crippen LogP contribution in [0.25, 0.3) is 11.0 Å². The van der Waals surface area contributed by atoms with Crippen molar-refractivity contribution in [2.45, 2.75) is 4.90 Å². The number of imidazole rings is 1. The molecule has 0 spiro atoms. The number of hydrogen-bond acceptors (Lipinski definition) is 5. The van der Waals surface area contributed by atoms with Gasteiger partial charge < -0.3 is 10.2 Å². The van der Waals surface area contributed by atoms with Gasteiger partial charge in [-0.05, 0) is 24.3 Å². The molecule has 1 aromatic heterocycles. The van der Waals surface area contributed by atoms with E-state index < -0.39 is 20.7 Å². The molecule has 0 bridgehead atoms. The zero-order valence-electron chi connectivity index (χ0n) is 13.7. The predicted molar refractivity (Wildman–Crippen MR) is 98.8 cm³/mol. The van der Waals surface area contributed by atoms with Crippen molar-refractivity contribution in [2.24, 2.45) is 0 Å². The monoisotopic (exact) mass is 394 g/mol. The Morgan fingerprint density at radius 3 is 2.58 bits per heavy atom. The van der Waals surface area contributed by atoms with Gasteiger partial charge in [-0.15, -0.1) is 0 Å². The van der Waals surface area contributed by atoms with Crippen LogP contribution in [0.1, 0.15) is 0 Å². The third-order valence-corrected chi connectivity index (χ3v) is 6.58. The highest BCUT2D eigenvalue weighted by Crippen LogP contribution is 2.31. The highest BCUT2D eigenvalue weighted by atomic mass is 35.5. The van der Waals surface area contributed by atoms with Crippen LogP contribution in [0.2, 0.25) is 5.02 Å². The SMILES string of the molecule is O=S(=O)(c1c(F)cccc1Cl)n1cnc2c(N3CCNCC3)cccc21. The van der Waals surface area contributed by atoms with Crippen LogP contribution in [0.4, 0.5) is 10.1 Å². The first-order chi connectivity index (χ1) is 12.5. The number of hydrogen-bond donors (Lipinski definition) is 1. The highest BCUT2D eigenvalue weighted by Gasteiger charge is 2.27.